The van der Waals surface area contributed by atoms with E-state index >= 15 is 0 Å². The molecule has 0 aromatic heterocycles. The fourth-order valence-corrected chi connectivity index (χ4v) is 1.88. The maximum absolute atomic E-state index is 11.3. The third kappa shape index (κ3) is 4.04. The Bertz CT molecular complexity index is 228. The number of hydrogen-bond donors (Lipinski definition) is 2. The monoisotopic (exact) mass is 195 g/mol. The highest BCUT2D eigenvalue weighted by Crippen LogP contribution is 2.05. The molecule has 0 aromatic carbocycles. The van der Waals surface area contributed by atoms with Gasteiger partial charge in [-0.1, -0.05) is 0 Å². The summed E-state index contributed by atoms with van der Waals surface area (Å²) in [6.07, 6.45) is 0. The molecule has 0 aliphatic heterocycles. The summed E-state index contributed by atoms with van der Waals surface area (Å²) >= 11 is 0. The Morgan fingerprint density at radius 3 is 2.08 bits per heavy atom. The van der Waals surface area contributed by atoms with E-state index in [0.29, 0.717) is 0 Å². The van der Waals surface area contributed by atoms with Gasteiger partial charge in [-0.05, 0) is 27.7 Å². The minimum atomic E-state index is -3.37. The Labute approximate surface area is 74.0 Å². The zero-order valence-corrected chi connectivity index (χ0v) is 8.77. The van der Waals surface area contributed by atoms with Crippen LogP contribution in [-0.4, -0.2) is 30.9 Å². The Hall–Kier alpha value is -0.130. The summed E-state index contributed by atoms with van der Waals surface area (Å²) < 4.78 is 25.1. The molecule has 0 aromatic rings. The summed E-state index contributed by atoms with van der Waals surface area (Å²) in [6.45, 7) is 6.39. The Morgan fingerprint density at radius 2 is 1.83 bits per heavy atom. The quantitative estimate of drug-likeness (QED) is 0.670. The van der Waals surface area contributed by atoms with Crippen LogP contribution in [0.2, 0.25) is 0 Å². The number of aliphatic hydroxyl groups excluding tert-OH is 1. The molecule has 0 unspecified atom stereocenters. The van der Waals surface area contributed by atoms with Gasteiger partial charge < -0.3 is 5.11 Å². The van der Waals surface area contributed by atoms with Crippen LogP contribution in [0, 0.1) is 0 Å². The van der Waals surface area contributed by atoms with E-state index in [2.05, 4.69) is 4.72 Å². The van der Waals surface area contributed by atoms with E-state index in [1.807, 2.05) is 0 Å². The molecule has 0 aliphatic rings. The largest absolute Gasteiger partial charge is 0.395 e. The van der Waals surface area contributed by atoms with Crippen LogP contribution in [0.1, 0.15) is 27.7 Å². The fourth-order valence-electron chi connectivity index (χ4n) is 0.625. The van der Waals surface area contributed by atoms with Gasteiger partial charge in [-0.25, -0.2) is 13.1 Å². The molecule has 5 heteroatoms. The van der Waals surface area contributed by atoms with Crippen molar-refractivity contribution in [3.63, 3.8) is 0 Å². The van der Waals surface area contributed by atoms with Gasteiger partial charge in [0.25, 0.3) is 0 Å². The van der Waals surface area contributed by atoms with Crippen molar-refractivity contribution in [3.05, 3.63) is 0 Å². The molecule has 0 amide bonds. The second-order valence-corrected chi connectivity index (χ2v) is 5.99. The molecule has 4 nitrogen and oxygen atoms in total. The van der Waals surface area contributed by atoms with Crippen LogP contribution in [-0.2, 0) is 10.0 Å². The summed E-state index contributed by atoms with van der Waals surface area (Å²) in [4.78, 5) is 0. The average molecular weight is 195 g/mol. The predicted molar refractivity (Wildman–Crippen MR) is 48.4 cm³/mol. The van der Waals surface area contributed by atoms with Crippen molar-refractivity contribution in [3.8, 4) is 0 Å². The summed E-state index contributed by atoms with van der Waals surface area (Å²) in [7, 11) is -3.37. The lowest BCUT2D eigenvalue weighted by molar-refractivity contribution is 0.293. The van der Waals surface area contributed by atoms with Crippen LogP contribution >= 0.6 is 0 Å². The van der Waals surface area contributed by atoms with E-state index in [9.17, 15) is 8.42 Å². The van der Waals surface area contributed by atoms with E-state index in [1.165, 1.54) is 6.92 Å². The first-order chi connectivity index (χ1) is 5.19. The molecule has 0 fully saturated rings. The first-order valence-electron chi connectivity index (χ1n) is 3.82. The third-order valence-electron chi connectivity index (χ3n) is 1.24. The van der Waals surface area contributed by atoms with Crippen molar-refractivity contribution in [2.45, 2.75) is 38.5 Å². The molecule has 0 aliphatic carbocycles. The van der Waals surface area contributed by atoms with Crippen molar-refractivity contribution in [2.75, 3.05) is 6.61 Å². The van der Waals surface area contributed by atoms with Gasteiger partial charge in [0, 0.05) is 5.54 Å². The highest BCUT2D eigenvalue weighted by Gasteiger charge is 2.25. The molecule has 12 heavy (non-hydrogen) atoms. The second kappa shape index (κ2) is 3.72. The van der Waals surface area contributed by atoms with E-state index in [4.69, 9.17) is 5.11 Å². The van der Waals surface area contributed by atoms with Gasteiger partial charge in [0.05, 0.1) is 11.9 Å². The van der Waals surface area contributed by atoms with Crippen LogP contribution in [0.5, 0.6) is 0 Å². The third-order valence-corrected chi connectivity index (χ3v) is 3.34. The minimum Gasteiger partial charge on any atom is -0.395 e. The topological polar surface area (TPSA) is 66.4 Å². The molecule has 0 spiro atoms. The van der Waals surface area contributed by atoms with Crippen LogP contribution in [0.3, 0.4) is 0 Å². The van der Waals surface area contributed by atoms with Crippen LogP contribution < -0.4 is 4.72 Å². The zero-order valence-electron chi connectivity index (χ0n) is 7.96. The molecular formula is C7H17NO3S. The van der Waals surface area contributed by atoms with Crippen LogP contribution in [0.25, 0.3) is 0 Å². The molecule has 0 radical (unpaired) electrons. The smallest absolute Gasteiger partial charge is 0.216 e. The SMILES string of the molecule is C[C@@H](CO)S(=O)(=O)NC(C)(C)C. The normalized spacial score (nSPS) is 16.1. The van der Waals surface area contributed by atoms with Crippen molar-refractivity contribution in [2.24, 2.45) is 0 Å². The second-order valence-electron chi connectivity index (χ2n) is 3.89. The molecule has 1 atom stereocenters. The molecule has 0 saturated carbocycles. The lowest BCUT2D eigenvalue weighted by Crippen LogP contribution is -2.45. The van der Waals surface area contributed by atoms with Crippen molar-refractivity contribution >= 4 is 10.0 Å². The summed E-state index contributed by atoms with van der Waals surface area (Å²) in [5.74, 6) is 0. The number of hydrogen-bond acceptors (Lipinski definition) is 3. The van der Waals surface area contributed by atoms with Crippen LogP contribution in [0.4, 0.5) is 0 Å². The highest BCUT2D eigenvalue weighted by atomic mass is 32.2. The van der Waals surface area contributed by atoms with Gasteiger partial charge in [-0.2, -0.15) is 0 Å². The summed E-state index contributed by atoms with van der Waals surface area (Å²) in [5, 5.41) is 7.90. The lowest BCUT2D eigenvalue weighted by Gasteiger charge is -2.22. The van der Waals surface area contributed by atoms with Crippen molar-refractivity contribution < 1.29 is 13.5 Å². The van der Waals surface area contributed by atoms with Crippen LogP contribution in [0.15, 0.2) is 0 Å². The lowest BCUT2D eigenvalue weighted by atomic mass is 10.1. The molecule has 2 N–H and O–H groups in total. The Balaban J connectivity index is 4.45. The fraction of sp³-hybridized carbons (Fsp3) is 1.00. The maximum atomic E-state index is 11.3. The highest BCUT2D eigenvalue weighted by molar-refractivity contribution is 7.90. The number of rotatable bonds is 3. The zero-order chi connectivity index (χ0) is 9.99. The molecule has 74 valence electrons. The van der Waals surface area contributed by atoms with E-state index in [1.54, 1.807) is 20.8 Å². The van der Waals surface area contributed by atoms with Gasteiger partial charge in [0.1, 0.15) is 0 Å². The molecular weight excluding hydrogens is 178 g/mol. The number of sulfonamides is 1. The van der Waals surface area contributed by atoms with Gasteiger partial charge in [-0.3, -0.25) is 0 Å². The Kier molecular flexibility index (Phi) is 3.68. The summed E-state index contributed by atoms with van der Waals surface area (Å²) in [5.41, 5.74) is -0.484. The standard InChI is InChI=1S/C7H17NO3S/c1-6(5-9)12(10,11)8-7(2,3)4/h6,8-9H,5H2,1-4H3/t6-/m0/s1. The van der Waals surface area contributed by atoms with E-state index < -0.39 is 20.8 Å². The van der Waals surface area contributed by atoms with Gasteiger partial charge >= 0.3 is 0 Å². The average Bonchev–Trinajstić information content (AvgIpc) is 1.80. The van der Waals surface area contributed by atoms with E-state index in [0.717, 1.165) is 0 Å². The van der Waals surface area contributed by atoms with Gasteiger partial charge in [-0.15, -0.1) is 0 Å². The van der Waals surface area contributed by atoms with Crippen molar-refractivity contribution in [1.82, 2.24) is 4.72 Å². The minimum absolute atomic E-state index is 0.356. The van der Waals surface area contributed by atoms with Gasteiger partial charge in [0.15, 0.2) is 0 Å². The number of nitrogens with one attached hydrogen (secondary N) is 1. The Morgan fingerprint density at radius 1 is 1.42 bits per heavy atom. The van der Waals surface area contributed by atoms with Gasteiger partial charge in [0.2, 0.25) is 10.0 Å². The maximum Gasteiger partial charge on any atom is 0.216 e. The van der Waals surface area contributed by atoms with E-state index in [-0.39, 0.29) is 6.61 Å². The molecule has 0 bridgehead atoms. The van der Waals surface area contributed by atoms with Crippen molar-refractivity contribution in [1.29, 1.82) is 0 Å². The summed E-state index contributed by atoms with van der Waals surface area (Å²) in [6, 6.07) is 0. The number of aliphatic hydroxyl groups is 1. The first-order valence-corrected chi connectivity index (χ1v) is 5.37. The molecule has 0 saturated heterocycles. The first kappa shape index (κ1) is 11.9. The molecule has 0 heterocycles. The predicted octanol–water partition coefficient (Wildman–Crippen LogP) is 0.0851. The molecule has 0 rings (SSSR count).